The third kappa shape index (κ3) is 4.15. The zero-order valence-corrected chi connectivity index (χ0v) is 18.5. The van der Waals surface area contributed by atoms with Crippen molar-refractivity contribution >= 4 is 33.4 Å². The molecule has 158 valence electrons. The Morgan fingerprint density at radius 1 is 1.13 bits per heavy atom. The van der Waals surface area contributed by atoms with Crippen molar-refractivity contribution in [2.45, 2.75) is 64.6 Å². The Kier molecular flexibility index (Phi) is 5.95. The van der Waals surface area contributed by atoms with E-state index in [1.807, 2.05) is 67.1 Å². The van der Waals surface area contributed by atoms with Gasteiger partial charge < -0.3 is 14.6 Å². The van der Waals surface area contributed by atoms with Crippen LogP contribution in [0, 0.1) is 6.92 Å². The minimum Gasteiger partial charge on any atom is -0.443 e. The molecule has 1 amide bonds. The molecule has 1 fully saturated rings. The number of fused-ring (bicyclic) bond motifs is 1. The largest absolute Gasteiger partial charge is 0.443 e. The first kappa shape index (κ1) is 20.7. The fraction of sp³-hybridized carbons (Fsp3) is 0.417. The summed E-state index contributed by atoms with van der Waals surface area (Å²) in [6.45, 7) is 6.07. The predicted molar refractivity (Wildman–Crippen MR) is 120 cm³/mol. The molecule has 0 bridgehead atoms. The molecule has 30 heavy (non-hydrogen) atoms. The van der Waals surface area contributed by atoms with E-state index in [1.165, 1.54) is 0 Å². The number of carbonyl (C=O) groups excluding carboxylic acids is 2. The zero-order chi connectivity index (χ0) is 21.3. The van der Waals surface area contributed by atoms with Gasteiger partial charge in [-0.3, -0.25) is 4.79 Å². The van der Waals surface area contributed by atoms with E-state index in [4.69, 9.17) is 4.74 Å². The van der Waals surface area contributed by atoms with Crippen molar-refractivity contribution in [3.63, 3.8) is 0 Å². The Morgan fingerprint density at radius 2 is 1.83 bits per heavy atom. The van der Waals surface area contributed by atoms with Crippen molar-refractivity contribution in [2.75, 3.05) is 0 Å². The van der Waals surface area contributed by atoms with Crippen molar-refractivity contribution in [3.8, 4) is 0 Å². The standard InChI is InChI=1S/C24H28N2O3S/c1-15(2)26-19-12-13-30-21(19)14-20(26)24(28)29-22(17-10-8-16(3)9-11-17)23(27)25-18-6-4-5-7-18/h8-15,18,22H,4-7H2,1-3H3,(H,25,27)/t22-/m1/s1. The average Bonchev–Trinajstić information content (AvgIpc) is 3.43. The lowest BCUT2D eigenvalue weighted by atomic mass is 10.1. The van der Waals surface area contributed by atoms with Gasteiger partial charge in [0.15, 0.2) is 0 Å². The van der Waals surface area contributed by atoms with Crippen LogP contribution in [-0.2, 0) is 9.53 Å². The molecule has 0 radical (unpaired) electrons. The lowest BCUT2D eigenvalue weighted by Crippen LogP contribution is -2.38. The quantitative estimate of drug-likeness (QED) is 0.528. The van der Waals surface area contributed by atoms with E-state index in [0.717, 1.165) is 41.5 Å². The highest BCUT2D eigenvalue weighted by atomic mass is 32.1. The number of nitrogens with zero attached hydrogens (tertiary/aromatic N) is 1. The molecule has 1 atom stereocenters. The number of ether oxygens (including phenoxy) is 1. The molecule has 6 heteroatoms. The first-order valence-electron chi connectivity index (χ1n) is 10.6. The minimum absolute atomic E-state index is 0.102. The van der Waals surface area contributed by atoms with Crippen LogP contribution in [0.25, 0.3) is 10.2 Å². The Morgan fingerprint density at radius 3 is 2.50 bits per heavy atom. The fourth-order valence-electron chi connectivity index (χ4n) is 4.19. The topological polar surface area (TPSA) is 60.3 Å². The smallest absolute Gasteiger partial charge is 0.356 e. The van der Waals surface area contributed by atoms with Gasteiger partial charge in [-0.05, 0) is 51.1 Å². The van der Waals surface area contributed by atoms with Gasteiger partial charge in [0.1, 0.15) is 5.69 Å². The number of aryl methyl sites for hydroxylation is 1. The van der Waals surface area contributed by atoms with Gasteiger partial charge in [-0.25, -0.2) is 4.79 Å². The molecular weight excluding hydrogens is 396 g/mol. The molecule has 0 saturated heterocycles. The summed E-state index contributed by atoms with van der Waals surface area (Å²) in [5.41, 5.74) is 3.28. The molecule has 3 aromatic rings. The van der Waals surface area contributed by atoms with Crippen LogP contribution in [0.4, 0.5) is 0 Å². The second-order valence-corrected chi connectivity index (χ2v) is 9.30. The van der Waals surface area contributed by atoms with E-state index < -0.39 is 12.1 Å². The van der Waals surface area contributed by atoms with Crippen LogP contribution < -0.4 is 5.32 Å². The first-order valence-corrected chi connectivity index (χ1v) is 11.5. The maximum Gasteiger partial charge on any atom is 0.356 e. The molecule has 0 unspecified atom stereocenters. The monoisotopic (exact) mass is 424 g/mol. The Hall–Kier alpha value is -2.60. The van der Waals surface area contributed by atoms with E-state index >= 15 is 0 Å². The number of amides is 1. The third-order valence-electron chi connectivity index (χ3n) is 5.73. The van der Waals surface area contributed by atoms with Crippen LogP contribution in [0.2, 0.25) is 0 Å². The molecule has 5 nitrogen and oxygen atoms in total. The molecule has 1 N–H and O–H groups in total. The van der Waals surface area contributed by atoms with Gasteiger partial charge >= 0.3 is 5.97 Å². The summed E-state index contributed by atoms with van der Waals surface area (Å²) in [4.78, 5) is 26.3. The highest BCUT2D eigenvalue weighted by Gasteiger charge is 2.30. The second kappa shape index (κ2) is 8.64. The molecule has 0 spiro atoms. The number of esters is 1. The molecule has 2 heterocycles. The summed E-state index contributed by atoms with van der Waals surface area (Å²) in [7, 11) is 0. The van der Waals surface area contributed by atoms with E-state index in [-0.39, 0.29) is 18.0 Å². The lowest BCUT2D eigenvalue weighted by Gasteiger charge is -2.21. The van der Waals surface area contributed by atoms with Crippen LogP contribution in [-0.4, -0.2) is 22.5 Å². The average molecular weight is 425 g/mol. The van der Waals surface area contributed by atoms with Gasteiger partial charge in [-0.15, -0.1) is 11.3 Å². The van der Waals surface area contributed by atoms with Gasteiger partial charge in [0.2, 0.25) is 6.10 Å². The summed E-state index contributed by atoms with van der Waals surface area (Å²) >= 11 is 1.59. The number of hydrogen-bond donors (Lipinski definition) is 1. The Balaban J connectivity index is 1.63. The van der Waals surface area contributed by atoms with Crippen LogP contribution in [0.1, 0.15) is 73.3 Å². The normalized spacial score (nSPS) is 15.6. The van der Waals surface area contributed by atoms with Gasteiger partial charge in [-0.1, -0.05) is 42.7 Å². The zero-order valence-electron chi connectivity index (χ0n) is 17.7. The van der Waals surface area contributed by atoms with E-state index in [9.17, 15) is 9.59 Å². The van der Waals surface area contributed by atoms with Crippen molar-refractivity contribution in [1.29, 1.82) is 0 Å². The molecule has 1 saturated carbocycles. The van der Waals surface area contributed by atoms with Gasteiger partial charge in [0.25, 0.3) is 5.91 Å². The van der Waals surface area contributed by atoms with Crippen molar-refractivity contribution < 1.29 is 14.3 Å². The molecular formula is C24H28N2O3S. The SMILES string of the molecule is Cc1ccc([C@@H](OC(=O)c2cc3sccc3n2C(C)C)C(=O)NC2CCCC2)cc1. The Labute approximate surface area is 181 Å². The van der Waals surface area contributed by atoms with Crippen LogP contribution in [0.5, 0.6) is 0 Å². The van der Waals surface area contributed by atoms with Gasteiger partial charge in [-0.2, -0.15) is 0 Å². The highest BCUT2D eigenvalue weighted by Crippen LogP contribution is 2.30. The molecule has 2 aromatic heterocycles. The minimum atomic E-state index is -0.966. The molecule has 1 aliphatic carbocycles. The number of thiophene rings is 1. The number of aromatic nitrogens is 1. The Bertz CT molecular complexity index is 1040. The number of rotatable bonds is 6. The number of benzene rings is 1. The van der Waals surface area contributed by atoms with Gasteiger partial charge in [0, 0.05) is 17.6 Å². The van der Waals surface area contributed by atoms with Crippen LogP contribution in [0.15, 0.2) is 41.8 Å². The van der Waals surface area contributed by atoms with Gasteiger partial charge in [0.05, 0.1) is 10.2 Å². The number of nitrogens with one attached hydrogen (secondary N) is 1. The van der Waals surface area contributed by atoms with Crippen molar-refractivity contribution in [2.24, 2.45) is 0 Å². The summed E-state index contributed by atoms with van der Waals surface area (Å²) in [5.74, 6) is -0.720. The number of hydrogen-bond acceptors (Lipinski definition) is 4. The lowest BCUT2D eigenvalue weighted by molar-refractivity contribution is -0.131. The first-order chi connectivity index (χ1) is 14.4. The van der Waals surface area contributed by atoms with Crippen molar-refractivity contribution in [3.05, 3.63) is 58.6 Å². The van der Waals surface area contributed by atoms with E-state index in [2.05, 4.69) is 5.32 Å². The van der Waals surface area contributed by atoms with E-state index in [0.29, 0.717) is 11.3 Å². The maximum atomic E-state index is 13.2. The van der Waals surface area contributed by atoms with E-state index in [1.54, 1.807) is 11.3 Å². The maximum absolute atomic E-state index is 13.2. The van der Waals surface area contributed by atoms with Crippen LogP contribution >= 0.6 is 11.3 Å². The number of carbonyl (C=O) groups is 2. The summed E-state index contributed by atoms with van der Waals surface area (Å²) in [6, 6.07) is 11.7. The van der Waals surface area contributed by atoms with Crippen molar-refractivity contribution in [1.82, 2.24) is 9.88 Å². The molecule has 1 aliphatic rings. The summed E-state index contributed by atoms with van der Waals surface area (Å²) in [6.07, 6.45) is 3.24. The third-order valence-corrected chi connectivity index (χ3v) is 6.58. The fourth-order valence-corrected chi connectivity index (χ4v) is 5.00. The predicted octanol–water partition coefficient (Wildman–Crippen LogP) is 5.55. The summed E-state index contributed by atoms with van der Waals surface area (Å²) in [5, 5.41) is 5.10. The second-order valence-electron chi connectivity index (χ2n) is 8.35. The van der Waals surface area contributed by atoms with Crippen LogP contribution in [0.3, 0.4) is 0 Å². The highest BCUT2D eigenvalue weighted by molar-refractivity contribution is 7.17. The molecule has 0 aliphatic heterocycles. The molecule has 4 rings (SSSR count). The summed E-state index contributed by atoms with van der Waals surface area (Å²) < 4.78 is 8.88. The molecule has 1 aromatic carbocycles.